The lowest BCUT2D eigenvalue weighted by molar-refractivity contribution is 0.0624. The fourth-order valence-corrected chi connectivity index (χ4v) is 3.60. The zero-order valence-corrected chi connectivity index (χ0v) is 15.4. The zero-order chi connectivity index (χ0) is 19.5. The third-order valence-corrected chi connectivity index (χ3v) is 5.15. The first-order chi connectivity index (χ1) is 13.7. The molecular formula is C22H20N4O2. The number of hydrogen-bond acceptors (Lipinski definition) is 4. The van der Waals surface area contributed by atoms with Crippen molar-refractivity contribution in [3.63, 3.8) is 0 Å². The van der Waals surface area contributed by atoms with Crippen LogP contribution in [0.1, 0.15) is 26.3 Å². The van der Waals surface area contributed by atoms with Crippen LogP contribution < -0.4 is 0 Å². The number of piperazine rings is 1. The number of fused-ring (bicyclic) bond motifs is 1. The number of benzene rings is 2. The Kier molecular flexibility index (Phi) is 4.92. The summed E-state index contributed by atoms with van der Waals surface area (Å²) in [6.07, 6.45) is 1.77. The molecule has 0 unspecified atom stereocenters. The van der Waals surface area contributed by atoms with Crippen LogP contribution in [0.15, 0.2) is 54.7 Å². The number of carbonyl (C=O) groups excluding carboxylic acids is 2. The second kappa shape index (κ2) is 7.67. The number of Topliss-reactive ketones (excluding diaryl/α,β-unsaturated/α-hetero) is 1. The average molecular weight is 372 g/mol. The molecule has 0 spiro atoms. The lowest BCUT2D eigenvalue weighted by atomic mass is 10.1. The first kappa shape index (κ1) is 18.0. The standard InChI is InChI=1S/C22H20N4O2/c23-13-16-4-3-5-17(12-16)22(28)26-10-8-25(9-11-26)15-21(27)19-14-24-20-7-2-1-6-18(19)20/h1-7,12,14,24H,8-11,15H2. The van der Waals surface area contributed by atoms with Crippen LogP contribution in [-0.4, -0.2) is 59.2 Å². The van der Waals surface area contributed by atoms with Crippen molar-refractivity contribution in [3.05, 3.63) is 71.4 Å². The van der Waals surface area contributed by atoms with Crippen LogP contribution in [0.4, 0.5) is 0 Å². The summed E-state index contributed by atoms with van der Waals surface area (Å²) in [6, 6.07) is 16.6. The summed E-state index contributed by atoms with van der Waals surface area (Å²) in [7, 11) is 0. The zero-order valence-electron chi connectivity index (χ0n) is 15.4. The van der Waals surface area contributed by atoms with Crippen molar-refractivity contribution in [1.29, 1.82) is 5.26 Å². The summed E-state index contributed by atoms with van der Waals surface area (Å²) >= 11 is 0. The average Bonchev–Trinajstić information content (AvgIpc) is 3.18. The van der Waals surface area contributed by atoms with Gasteiger partial charge in [-0.05, 0) is 24.3 Å². The summed E-state index contributed by atoms with van der Waals surface area (Å²) < 4.78 is 0. The molecule has 1 aromatic heterocycles. The summed E-state index contributed by atoms with van der Waals surface area (Å²) in [5.41, 5.74) is 2.68. The van der Waals surface area contributed by atoms with Crippen molar-refractivity contribution in [2.24, 2.45) is 0 Å². The Morgan fingerprint density at radius 2 is 1.82 bits per heavy atom. The Morgan fingerprint density at radius 3 is 2.61 bits per heavy atom. The molecule has 0 bridgehead atoms. The molecule has 1 aliphatic heterocycles. The van der Waals surface area contributed by atoms with Gasteiger partial charge in [-0.2, -0.15) is 5.26 Å². The normalized spacial score (nSPS) is 14.8. The van der Waals surface area contributed by atoms with Gasteiger partial charge in [-0.1, -0.05) is 24.3 Å². The van der Waals surface area contributed by atoms with Gasteiger partial charge in [0, 0.05) is 54.4 Å². The predicted octanol–water partition coefficient (Wildman–Crippen LogP) is 2.68. The molecule has 0 radical (unpaired) electrons. The molecule has 6 heteroatoms. The highest BCUT2D eigenvalue weighted by Crippen LogP contribution is 2.19. The second-order valence-electron chi connectivity index (χ2n) is 6.93. The number of aromatic amines is 1. The quantitative estimate of drug-likeness (QED) is 0.714. The van der Waals surface area contributed by atoms with Gasteiger partial charge >= 0.3 is 0 Å². The highest BCUT2D eigenvalue weighted by Gasteiger charge is 2.24. The number of ketones is 1. The maximum absolute atomic E-state index is 12.7. The van der Waals surface area contributed by atoms with Crippen LogP contribution >= 0.6 is 0 Å². The number of hydrogen-bond donors (Lipinski definition) is 1. The monoisotopic (exact) mass is 372 g/mol. The van der Waals surface area contributed by atoms with Gasteiger partial charge in [0.15, 0.2) is 5.78 Å². The van der Waals surface area contributed by atoms with Gasteiger partial charge in [0.25, 0.3) is 5.91 Å². The number of para-hydroxylation sites is 1. The van der Waals surface area contributed by atoms with E-state index >= 15 is 0 Å². The van der Waals surface area contributed by atoms with Crippen LogP contribution in [0.3, 0.4) is 0 Å². The van der Waals surface area contributed by atoms with Crippen molar-refractivity contribution in [3.8, 4) is 6.07 Å². The molecule has 2 heterocycles. The van der Waals surface area contributed by atoms with E-state index in [0.717, 1.165) is 10.9 Å². The first-order valence-electron chi connectivity index (χ1n) is 9.27. The van der Waals surface area contributed by atoms with E-state index in [1.165, 1.54) is 0 Å². The topological polar surface area (TPSA) is 80.2 Å². The molecule has 2 aromatic carbocycles. The molecule has 0 aliphatic carbocycles. The van der Waals surface area contributed by atoms with Crippen LogP contribution in [0.25, 0.3) is 10.9 Å². The first-order valence-corrected chi connectivity index (χ1v) is 9.27. The van der Waals surface area contributed by atoms with Crippen LogP contribution in [0.2, 0.25) is 0 Å². The maximum Gasteiger partial charge on any atom is 0.253 e. The van der Waals surface area contributed by atoms with E-state index in [2.05, 4.69) is 16.0 Å². The van der Waals surface area contributed by atoms with E-state index in [1.807, 2.05) is 24.3 Å². The third kappa shape index (κ3) is 3.53. The molecule has 1 fully saturated rings. The fraction of sp³-hybridized carbons (Fsp3) is 0.227. The molecule has 140 valence electrons. The predicted molar refractivity (Wildman–Crippen MR) is 106 cm³/mol. The lowest BCUT2D eigenvalue weighted by Crippen LogP contribution is -2.49. The number of nitrogens with zero attached hydrogens (tertiary/aromatic N) is 3. The van der Waals surface area contributed by atoms with Crippen molar-refractivity contribution < 1.29 is 9.59 Å². The van der Waals surface area contributed by atoms with E-state index in [0.29, 0.717) is 49.4 Å². The minimum atomic E-state index is -0.0697. The molecule has 28 heavy (non-hydrogen) atoms. The molecule has 3 aromatic rings. The van der Waals surface area contributed by atoms with Crippen LogP contribution in [0, 0.1) is 11.3 Å². The number of rotatable bonds is 4. The van der Waals surface area contributed by atoms with Gasteiger partial charge in [0.05, 0.1) is 18.2 Å². The fourth-order valence-electron chi connectivity index (χ4n) is 3.60. The van der Waals surface area contributed by atoms with Gasteiger partial charge in [0.1, 0.15) is 0 Å². The molecule has 0 saturated carbocycles. The lowest BCUT2D eigenvalue weighted by Gasteiger charge is -2.34. The number of nitrogens with one attached hydrogen (secondary N) is 1. The van der Waals surface area contributed by atoms with E-state index in [1.54, 1.807) is 35.4 Å². The molecule has 1 saturated heterocycles. The minimum Gasteiger partial charge on any atom is -0.360 e. The number of nitriles is 1. The van der Waals surface area contributed by atoms with Crippen molar-refractivity contribution >= 4 is 22.6 Å². The smallest absolute Gasteiger partial charge is 0.253 e. The number of aromatic nitrogens is 1. The Bertz CT molecular complexity index is 1070. The van der Waals surface area contributed by atoms with Crippen LogP contribution in [0.5, 0.6) is 0 Å². The Morgan fingerprint density at radius 1 is 1.04 bits per heavy atom. The summed E-state index contributed by atoms with van der Waals surface area (Å²) in [4.78, 5) is 32.4. The Labute approximate surface area is 163 Å². The minimum absolute atomic E-state index is 0.0697. The molecule has 6 nitrogen and oxygen atoms in total. The summed E-state index contributed by atoms with van der Waals surface area (Å²) in [5.74, 6) is 0.0126. The van der Waals surface area contributed by atoms with Gasteiger partial charge < -0.3 is 9.88 Å². The van der Waals surface area contributed by atoms with Gasteiger partial charge in [-0.15, -0.1) is 0 Å². The number of H-pyrrole nitrogens is 1. The largest absolute Gasteiger partial charge is 0.360 e. The van der Waals surface area contributed by atoms with E-state index in [-0.39, 0.29) is 11.7 Å². The molecular weight excluding hydrogens is 352 g/mol. The molecule has 1 aliphatic rings. The van der Waals surface area contributed by atoms with Crippen LogP contribution in [-0.2, 0) is 0 Å². The highest BCUT2D eigenvalue weighted by atomic mass is 16.2. The Hall–Kier alpha value is -3.43. The molecule has 0 atom stereocenters. The summed E-state index contributed by atoms with van der Waals surface area (Å²) in [6.45, 7) is 2.77. The van der Waals surface area contributed by atoms with Gasteiger partial charge in [0.2, 0.25) is 0 Å². The van der Waals surface area contributed by atoms with Crippen molar-refractivity contribution in [2.45, 2.75) is 0 Å². The van der Waals surface area contributed by atoms with Gasteiger partial charge in [-0.25, -0.2) is 0 Å². The summed E-state index contributed by atoms with van der Waals surface area (Å²) in [5, 5.41) is 9.94. The van der Waals surface area contributed by atoms with Crippen molar-refractivity contribution in [2.75, 3.05) is 32.7 Å². The van der Waals surface area contributed by atoms with Crippen molar-refractivity contribution in [1.82, 2.24) is 14.8 Å². The van der Waals surface area contributed by atoms with E-state index < -0.39 is 0 Å². The SMILES string of the molecule is N#Cc1cccc(C(=O)N2CCN(CC(=O)c3c[nH]c4ccccc34)CC2)c1. The second-order valence-corrected chi connectivity index (χ2v) is 6.93. The maximum atomic E-state index is 12.7. The number of carbonyl (C=O) groups is 2. The third-order valence-electron chi connectivity index (χ3n) is 5.15. The number of amides is 1. The highest BCUT2D eigenvalue weighted by molar-refractivity contribution is 6.08. The molecule has 4 rings (SSSR count). The van der Waals surface area contributed by atoms with E-state index in [9.17, 15) is 9.59 Å². The molecule has 1 N–H and O–H groups in total. The molecule has 1 amide bonds. The van der Waals surface area contributed by atoms with Gasteiger partial charge in [-0.3, -0.25) is 14.5 Å². The van der Waals surface area contributed by atoms with E-state index in [4.69, 9.17) is 5.26 Å². The Balaban J connectivity index is 1.37.